The van der Waals surface area contributed by atoms with Crippen molar-refractivity contribution in [1.29, 1.82) is 0 Å². The van der Waals surface area contributed by atoms with Crippen LogP contribution < -0.4 is 5.32 Å². The van der Waals surface area contributed by atoms with E-state index in [0.29, 0.717) is 12.8 Å². The van der Waals surface area contributed by atoms with E-state index in [1.54, 1.807) is 0 Å². The molecule has 0 radical (unpaired) electrons. The van der Waals surface area contributed by atoms with E-state index in [1.165, 1.54) is 51.4 Å². The van der Waals surface area contributed by atoms with Gasteiger partial charge in [0.05, 0.1) is 0 Å². The fourth-order valence-electron chi connectivity index (χ4n) is 2.95. The Morgan fingerprint density at radius 1 is 0.480 bits per heavy atom. The van der Waals surface area contributed by atoms with Crippen LogP contribution in [0.15, 0.2) is 0 Å². The molecule has 148 valence electrons. The fraction of sp³-hybridized carbons (Fsp3) is 0.900. The van der Waals surface area contributed by atoms with Gasteiger partial charge in [0.2, 0.25) is 0 Å². The number of nitrogens with one attached hydrogen (secondary N) is 1. The molecule has 0 fully saturated rings. The first-order valence-electron chi connectivity index (χ1n) is 10.3. The van der Waals surface area contributed by atoms with Gasteiger partial charge in [-0.2, -0.15) is 0 Å². The van der Waals surface area contributed by atoms with E-state index in [0.717, 1.165) is 51.6 Å². The first kappa shape index (κ1) is 23.9. The molecule has 0 heterocycles. The van der Waals surface area contributed by atoms with Crippen molar-refractivity contribution in [1.82, 2.24) is 5.32 Å². The quantitative estimate of drug-likeness (QED) is 0.267. The predicted molar refractivity (Wildman–Crippen MR) is 102 cm³/mol. The van der Waals surface area contributed by atoms with E-state index in [9.17, 15) is 9.59 Å². The summed E-state index contributed by atoms with van der Waals surface area (Å²) in [4.78, 5) is 20.7. The van der Waals surface area contributed by atoms with E-state index < -0.39 is 11.9 Å². The number of unbranched alkanes of at least 4 members (excludes halogenated alkanes) is 12. The Labute approximate surface area is 153 Å². The minimum Gasteiger partial charge on any atom is -0.481 e. The Morgan fingerprint density at radius 2 is 0.760 bits per heavy atom. The molecular weight excluding hydrogens is 318 g/mol. The topological polar surface area (TPSA) is 86.6 Å². The zero-order valence-corrected chi connectivity index (χ0v) is 15.9. The number of aliphatic carboxylic acids is 2. The van der Waals surface area contributed by atoms with Gasteiger partial charge in [-0.05, 0) is 38.8 Å². The molecule has 0 aromatic carbocycles. The molecule has 0 aliphatic heterocycles. The SMILES string of the molecule is O=C(O)CCCCCCCCCNCCCCCCCCCC(=O)O. The van der Waals surface area contributed by atoms with E-state index in [-0.39, 0.29) is 0 Å². The molecule has 0 aliphatic rings. The van der Waals surface area contributed by atoms with Gasteiger partial charge in [-0.25, -0.2) is 0 Å². The minimum absolute atomic E-state index is 0.314. The third-order valence-corrected chi connectivity index (χ3v) is 4.49. The maximum Gasteiger partial charge on any atom is 0.303 e. The third-order valence-electron chi connectivity index (χ3n) is 4.49. The molecule has 0 aromatic rings. The predicted octanol–water partition coefficient (Wildman–Crippen LogP) is 4.99. The van der Waals surface area contributed by atoms with Gasteiger partial charge in [-0.3, -0.25) is 9.59 Å². The van der Waals surface area contributed by atoms with Gasteiger partial charge >= 0.3 is 11.9 Å². The van der Waals surface area contributed by atoms with Gasteiger partial charge in [0.15, 0.2) is 0 Å². The van der Waals surface area contributed by atoms with Crippen molar-refractivity contribution in [2.24, 2.45) is 0 Å². The molecule has 0 aromatic heterocycles. The Balaban J connectivity index is 3.00. The van der Waals surface area contributed by atoms with Crippen LogP contribution >= 0.6 is 0 Å². The molecule has 5 nitrogen and oxygen atoms in total. The average molecular weight is 358 g/mol. The largest absolute Gasteiger partial charge is 0.481 e. The number of rotatable bonds is 20. The summed E-state index contributed by atoms with van der Waals surface area (Å²) in [5.74, 6) is -1.36. The van der Waals surface area contributed by atoms with Gasteiger partial charge in [0, 0.05) is 12.8 Å². The summed E-state index contributed by atoms with van der Waals surface area (Å²) >= 11 is 0. The van der Waals surface area contributed by atoms with Crippen LogP contribution in [0.3, 0.4) is 0 Å². The standard InChI is InChI=1S/C20H39NO4/c22-19(23)15-11-7-3-1-5-9-13-17-21-18-14-10-6-2-4-8-12-16-20(24)25/h21H,1-18H2,(H,22,23)(H,24,25). The highest BCUT2D eigenvalue weighted by Crippen LogP contribution is 2.09. The summed E-state index contributed by atoms with van der Waals surface area (Å²) in [7, 11) is 0. The summed E-state index contributed by atoms with van der Waals surface area (Å²) in [6, 6.07) is 0. The molecule has 0 atom stereocenters. The number of carbonyl (C=O) groups is 2. The Kier molecular flexibility index (Phi) is 18.4. The highest BCUT2D eigenvalue weighted by molar-refractivity contribution is 5.66. The van der Waals surface area contributed by atoms with Gasteiger partial charge in [-0.15, -0.1) is 0 Å². The molecular formula is C20H39NO4. The number of hydrogen-bond donors (Lipinski definition) is 3. The molecule has 0 bridgehead atoms. The van der Waals surface area contributed by atoms with Crippen molar-refractivity contribution in [3.8, 4) is 0 Å². The Morgan fingerprint density at radius 3 is 1.08 bits per heavy atom. The number of carboxylic acid groups (broad SMARTS) is 2. The van der Waals surface area contributed by atoms with Crippen molar-refractivity contribution < 1.29 is 19.8 Å². The minimum atomic E-state index is -0.679. The monoisotopic (exact) mass is 357 g/mol. The smallest absolute Gasteiger partial charge is 0.303 e. The van der Waals surface area contributed by atoms with Crippen LogP contribution in [0.4, 0.5) is 0 Å². The van der Waals surface area contributed by atoms with Crippen LogP contribution in [-0.4, -0.2) is 35.2 Å². The van der Waals surface area contributed by atoms with Gasteiger partial charge in [0.1, 0.15) is 0 Å². The van der Waals surface area contributed by atoms with E-state index in [2.05, 4.69) is 5.32 Å². The first-order chi connectivity index (χ1) is 12.1. The van der Waals surface area contributed by atoms with E-state index >= 15 is 0 Å². The highest BCUT2D eigenvalue weighted by atomic mass is 16.4. The summed E-state index contributed by atoms with van der Waals surface area (Å²) in [5.41, 5.74) is 0. The lowest BCUT2D eigenvalue weighted by Gasteiger charge is -2.05. The molecule has 0 saturated carbocycles. The van der Waals surface area contributed by atoms with Crippen LogP contribution in [-0.2, 0) is 9.59 Å². The van der Waals surface area contributed by atoms with E-state index in [4.69, 9.17) is 10.2 Å². The van der Waals surface area contributed by atoms with Crippen molar-refractivity contribution in [2.75, 3.05) is 13.1 Å². The number of hydrogen-bond acceptors (Lipinski definition) is 3. The second kappa shape index (κ2) is 19.2. The van der Waals surface area contributed by atoms with Crippen molar-refractivity contribution in [2.45, 2.75) is 103 Å². The highest BCUT2D eigenvalue weighted by Gasteiger charge is 1.98. The summed E-state index contributed by atoms with van der Waals surface area (Å²) < 4.78 is 0. The Hall–Kier alpha value is -1.10. The second-order valence-corrected chi connectivity index (χ2v) is 6.99. The summed E-state index contributed by atoms with van der Waals surface area (Å²) in [5, 5.41) is 20.6. The van der Waals surface area contributed by atoms with Gasteiger partial charge in [0.25, 0.3) is 0 Å². The zero-order valence-electron chi connectivity index (χ0n) is 15.9. The number of carboxylic acids is 2. The van der Waals surface area contributed by atoms with Crippen molar-refractivity contribution in [3.05, 3.63) is 0 Å². The van der Waals surface area contributed by atoms with Crippen LogP contribution in [0.1, 0.15) is 103 Å². The molecule has 0 saturated heterocycles. The first-order valence-corrected chi connectivity index (χ1v) is 10.3. The molecule has 25 heavy (non-hydrogen) atoms. The van der Waals surface area contributed by atoms with Gasteiger partial charge < -0.3 is 15.5 Å². The fourth-order valence-corrected chi connectivity index (χ4v) is 2.95. The maximum atomic E-state index is 10.4. The molecule has 0 rings (SSSR count). The molecule has 0 spiro atoms. The van der Waals surface area contributed by atoms with E-state index in [1.807, 2.05) is 0 Å². The van der Waals surface area contributed by atoms with Crippen LogP contribution in [0.2, 0.25) is 0 Å². The third kappa shape index (κ3) is 22.9. The summed E-state index contributed by atoms with van der Waals surface area (Å²) in [6.45, 7) is 2.21. The van der Waals surface area contributed by atoms with Crippen molar-refractivity contribution >= 4 is 11.9 Å². The Bertz CT molecular complexity index is 291. The maximum absolute atomic E-state index is 10.4. The van der Waals surface area contributed by atoms with Crippen molar-refractivity contribution in [3.63, 3.8) is 0 Å². The average Bonchev–Trinajstić information content (AvgIpc) is 2.56. The lowest BCUT2D eigenvalue weighted by molar-refractivity contribution is -0.138. The second-order valence-electron chi connectivity index (χ2n) is 6.99. The molecule has 0 amide bonds. The lowest BCUT2D eigenvalue weighted by atomic mass is 10.1. The summed E-state index contributed by atoms with van der Waals surface area (Å²) in [6.07, 6.45) is 16.7. The molecule has 5 heteroatoms. The van der Waals surface area contributed by atoms with Gasteiger partial charge in [-0.1, -0.05) is 64.2 Å². The van der Waals surface area contributed by atoms with Crippen LogP contribution in [0.25, 0.3) is 0 Å². The normalized spacial score (nSPS) is 10.9. The zero-order chi connectivity index (χ0) is 18.6. The molecule has 3 N–H and O–H groups in total. The lowest BCUT2D eigenvalue weighted by Crippen LogP contribution is -2.16. The molecule has 0 aliphatic carbocycles. The van der Waals surface area contributed by atoms with Crippen LogP contribution in [0.5, 0.6) is 0 Å². The molecule has 0 unspecified atom stereocenters. The van der Waals surface area contributed by atoms with Crippen LogP contribution in [0, 0.1) is 0 Å².